The van der Waals surface area contributed by atoms with Gasteiger partial charge < -0.3 is 0 Å². The Hall–Kier alpha value is -1.51. The zero-order valence-corrected chi connectivity index (χ0v) is 13.4. The van der Waals surface area contributed by atoms with Gasteiger partial charge in [0.1, 0.15) is 5.82 Å². The number of aromatic nitrogens is 2. The maximum Gasteiger partial charge on any atom is 0.267 e. The summed E-state index contributed by atoms with van der Waals surface area (Å²) >= 11 is 4.16. The van der Waals surface area contributed by atoms with Crippen LogP contribution in [0.25, 0.3) is 10.1 Å². The Kier molecular flexibility index (Phi) is 4.18. The molecule has 3 aromatic rings. The van der Waals surface area contributed by atoms with Crippen LogP contribution in [0.2, 0.25) is 0 Å². The number of hydrogen-bond acceptors (Lipinski definition) is 6. The molecule has 3 rings (SSSR count). The van der Waals surface area contributed by atoms with Crippen LogP contribution in [0.1, 0.15) is 16.6 Å². The fourth-order valence-corrected chi connectivity index (χ4v) is 4.35. The fourth-order valence-electron chi connectivity index (χ4n) is 1.74. The first kappa shape index (κ1) is 14.4. The first-order chi connectivity index (χ1) is 10.2. The number of hydrogen-bond donors (Lipinski definition) is 1. The zero-order valence-electron chi connectivity index (χ0n) is 10.9. The third kappa shape index (κ3) is 3.07. The quantitative estimate of drug-likeness (QED) is 0.570. The summed E-state index contributed by atoms with van der Waals surface area (Å²) in [6.45, 7) is 2.02. The van der Waals surface area contributed by atoms with Crippen LogP contribution >= 0.6 is 34.4 Å². The summed E-state index contributed by atoms with van der Waals surface area (Å²) < 4.78 is 15.2. The molecule has 0 unspecified atom stereocenters. The Morgan fingerprint density at radius 2 is 2.24 bits per heavy atom. The second-order valence-electron chi connectivity index (χ2n) is 4.02. The molecule has 0 aliphatic carbocycles. The number of benzene rings is 1. The molecule has 0 saturated heterocycles. The minimum absolute atomic E-state index is 0.292. The Bertz CT molecular complexity index is 799. The van der Waals surface area contributed by atoms with E-state index in [0.29, 0.717) is 15.4 Å². The van der Waals surface area contributed by atoms with Gasteiger partial charge >= 0.3 is 0 Å². The Labute approximate surface area is 132 Å². The van der Waals surface area contributed by atoms with E-state index in [0.717, 1.165) is 14.8 Å². The SMILES string of the molecule is CCSc1nnc(NC(=O)c2cc3c(F)cccc3s2)s1. The van der Waals surface area contributed by atoms with Gasteiger partial charge in [0.05, 0.1) is 4.88 Å². The van der Waals surface area contributed by atoms with Gasteiger partial charge in [0.25, 0.3) is 5.91 Å². The van der Waals surface area contributed by atoms with E-state index < -0.39 is 0 Å². The van der Waals surface area contributed by atoms with Crippen LogP contribution in [0.3, 0.4) is 0 Å². The molecular weight excluding hydrogens is 329 g/mol. The molecule has 21 heavy (non-hydrogen) atoms. The number of nitrogens with zero attached hydrogens (tertiary/aromatic N) is 2. The number of amides is 1. The molecule has 108 valence electrons. The van der Waals surface area contributed by atoms with Crippen molar-refractivity contribution in [3.63, 3.8) is 0 Å². The van der Waals surface area contributed by atoms with Gasteiger partial charge in [-0.25, -0.2) is 4.39 Å². The van der Waals surface area contributed by atoms with Crippen LogP contribution in [0, 0.1) is 5.82 Å². The predicted octanol–water partition coefficient (Wildman–Crippen LogP) is 4.26. The largest absolute Gasteiger partial charge is 0.296 e. The maximum absolute atomic E-state index is 13.6. The van der Waals surface area contributed by atoms with Crippen molar-refractivity contribution >= 4 is 55.6 Å². The summed E-state index contributed by atoms with van der Waals surface area (Å²) in [6.07, 6.45) is 0. The summed E-state index contributed by atoms with van der Waals surface area (Å²) in [5.41, 5.74) is 0. The van der Waals surface area contributed by atoms with Gasteiger partial charge in [-0.2, -0.15) is 0 Å². The molecule has 8 heteroatoms. The molecule has 0 aliphatic heterocycles. The Balaban J connectivity index is 1.81. The Morgan fingerprint density at radius 3 is 3.00 bits per heavy atom. The number of anilines is 1. The van der Waals surface area contributed by atoms with Crippen molar-refractivity contribution in [1.29, 1.82) is 0 Å². The third-order valence-corrected chi connectivity index (χ3v) is 5.58. The number of thioether (sulfide) groups is 1. The molecule has 1 amide bonds. The monoisotopic (exact) mass is 339 g/mol. The number of fused-ring (bicyclic) bond motifs is 1. The first-order valence-electron chi connectivity index (χ1n) is 6.13. The predicted molar refractivity (Wildman–Crippen MR) is 86.0 cm³/mol. The van der Waals surface area contributed by atoms with Crippen molar-refractivity contribution in [2.24, 2.45) is 0 Å². The maximum atomic E-state index is 13.6. The smallest absolute Gasteiger partial charge is 0.267 e. The van der Waals surface area contributed by atoms with Crippen molar-refractivity contribution in [2.75, 3.05) is 11.1 Å². The van der Waals surface area contributed by atoms with Crippen LogP contribution in [0.5, 0.6) is 0 Å². The van der Waals surface area contributed by atoms with Crippen LogP contribution in [-0.4, -0.2) is 21.9 Å². The molecule has 0 fully saturated rings. The van der Waals surface area contributed by atoms with E-state index >= 15 is 0 Å². The van der Waals surface area contributed by atoms with Crippen LogP contribution < -0.4 is 5.32 Å². The zero-order chi connectivity index (χ0) is 14.8. The number of halogens is 1. The molecule has 1 aromatic carbocycles. The van der Waals surface area contributed by atoms with Gasteiger partial charge in [0, 0.05) is 10.1 Å². The molecule has 0 radical (unpaired) electrons. The molecular formula is C13H10FN3OS3. The number of thiophene rings is 1. The number of nitrogens with one attached hydrogen (secondary N) is 1. The van der Waals surface area contributed by atoms with Crippen LogP contribution in [-0.2, 0) is 0 Å². The summed E-state index contributed by atoms with van der Waals surface area (Å²) in [4.78, 5) is 12.6. The molecule has 4 nitrogen and oxygen atoms in total. The van der Waals surface area contributed by atoms with E-state index in [2.05, 4.69) is 15.5 Å². The highest BCUT2D eigenvalue weighted by Gasteiger charge is 2.14. The van der Waals surface area contributed by atoms with Crippen molar-refractivity contribution in [3.05, 3.63) is 35.0 Å². The summed E-state index contributed by atoms with van der Waals surface area (Å²) in [6, 6.07) is 6.37. The number of carbonyl (C=O) groups is 1. The standard InChI is InChI=1S/C13H10FN3OS3/c1-2-19-13-17-16-12(21-13)15-11(18)10-6-7-8(14)4-3-5-9(7)20-10/h3-6H,2H2,1H3,(H,15,16,18). The normalized spacial score (nSPS) is 11.0. The van der Waals surface area contributed by atoms with Gasteiger partial charge in [0.15, 0.2) is 4.34 Å². The van der Waals surface area contributed by atoms with E-state index in [9.17, 15) is 9.18 Å². The average molecular weight is 339 g/mol. The lowest BCUT2D eigenvalue weighted by Crippen LogP contribution is -2.09. The lowest BCUT2D eigenvalue weighted by Gasteiger charge is -1.96. The first-order valence-corrected chi connectivity index (χ1v) is 8.75. The second-order valence-corrected chi connectivity index (χ2v) is 7.59. The summed E-state index contributed by atoms with van der Waals surface area (Å²) in [5.74, 6) is 0.290. The van der Waals surface area contributed by atoms with E-state index in [-0.39, 0.29) is 11.7 Å². The van der Waals surface area contributed by atoms with E-state index in [1.54, 1.807) is 30.0 Å². The summed E-state index contributed by atoms with van der Waals surface area (Å²) in [5, 5.41) is 11.5. The molecule has 0 bridgehead atoms. The second kappa shape index (κ2) is 6.08. The molecule has 1 N–H and O–H groups in total. The molecule has 0 aliphatic rings. The van der Waals surface area contributed by atoms with E-state index in [4.69, 9.17) is 0 Å². The van der Waals surface area contributed by atoms with Gasteiger partial charge in [-0.3, -0.25) is 10.1 Å². The van der Waals surface area contributed by atoms with Crippen molar-refractivity contribution in [3.8, 4) is 0 Å². The highest BCUT2D eigenvalue weighted by Crippen LogP contribution is 2.29. The van der Waals surface area contributed by atoms with Gasteiger partial charge in [-0.15, -0.1) is 21.5 Å². The van der Waals surface area contributed by atoms with Gasteiger partial charge in [-0.05, 0) is 24.0 Å². The van der Waals surface area contributed by atoms with Crippen molar-refractivity contribution < 1.29 is 9.18 Å². The highest BCUT2D eigenvalue weighted by atomic mass is 32.2. The molecule has 0 spiro atoms. The minimum atomic E-state index is -0.319. The van der Waals surface area contributed by atoms with Gasteiger partial charge in [0.2, 0.25) is 5.13 Å². The molecule has 2 heterocycles. The summed E-state index contributed by atoms with van der Waals surface area (Å²) in [7, 11) is 0. The lowest BCUT2D eigenvalue weighted by molar-refractivity contribution is 0.103. The van der Waals surface area contributed by atoms with E-state index in [1.807, 2.05) is 6.92 Å². The van der Waals surface area contributed by atoms with Crippen molar-refractivity contribution in [2.45, 2.75) is 11.3 Å². The highest BCUT2D eigenvalue weighted by molar-refractivity contribution is 8.01. The van der Waals surface area contributed by atoms with Gasteiger partial charge in [-0.1, -0.05) is 36.1 Å². The minimum Gasteiger partial charge on any atom is -0.296 e. The molecule has 0 saturated carbocycles. The average Bonchev–Trinajstić information content (AvgIpc) is 3.07. The van der Waals surface area contributed by atoms with E-state index in [1.165, 1.54) is 28.7 Å². The van der Waals surface area contributed by atoms with Crippen LogP contribution in [0.4, 0.5) is 9.52 Å². The Morgan fingerprint density at radius 1 is 1.38 bits per heavy atom. The van der Waals surface area contributed by atoms with Crippen LogP contribution in [0.15, 0.2) is 28.6 Å². The fraction of sp³-hybridized carbons (Fsp3) is 0.154. The molecule has 0 atom stereocenters. The third-order valence-electron chi connectivity index (χ3n) is 2.63. The lowest BCUT2D eigenvalue weighted by atomic mass is 10.2. The van der Waals surface area contributed by atoms with Crippen molar-refractivity contribution in [1.82, 2.24) is 10.2 Å². The molecule has 2 aromatic heterocycles. The number of rotatable bonds is 4. The topological polar surface area (TPSA) is 54.9 Å². The number of carbonyl (C=O) groups excluding carboxylic acids is 1.